The van der Waals surface area contributed by atoms with Gasteiger partial charge in [-0.3, -0.25) is 9.69 Å². The fourth-order valence-electron chi connectivity index (χ4n) is 3.69. The number of nitrogens with zero attached hydrogens (tertiary/aromatic N) is 2. The molecule has 1 fully saturated rings. The number of carbonyl (C=O) groups is 2. The van der Waals surface area contributed by atoms with Gasteiger partial charge in [-0.25, -0.2) is 13.6 Å². The summed E-state index contributed by atoms with van der Waals surface area (Å²) in [7, 11) is 1.34. The predicted octanol–water partition coefficient (Wildman–Crippen LogP) is 3.29. The van der Waals surface area contributed by atoms with Crippen molar-refractivity contribution in [2.75, 3.05) is 37.0 Å². The molecule has 0 spiro atoms. The van der Waals surface area contributed by atoms with Gasteiger partial charge in [0.15, 0.2) is 0 Å². The lowest BCUT2D eigenvalue weighted by Crippen LogP contribution is -2.57. The average Bonchev–Trinajstić information content (AvgIpc) is 2.75. The second kappa shape index (κ2) is 9.21. The third kappa shape index (κ3) is 4.76. The van der Waals surface area contributed by atoms with Crippen LogP contribution in [0.3, 0.4) is 0 Å². The Morgan fingerprint density at radius 3 is 2.47 bits per heavy atom. The summed E-state index contributed by atoms with van der Waals surface area (Å²) in [4.78, 5) is 28.4. The van der Waals surface area contributed by atoms with E-state index in [1.54, 1.807) is 19.1 Å². The summed E-state index contributed by atoms with van der Waals surface area (Å²) in [6.45, 7) is 5.77. The van der Waals surface area contributed by atoms with E-state index in [0.29, 0.717) is 25.2 Å². The largest absolute Gasteiger partial charge is 0.465 e. The maximum atomic E-state index is 13.8. The van der Waals surface area contributed by atoms with Gasteiger partial charge in [-0.05, 0) is 50.2 Å². The molecular weight excluding hydrogens is 392 g/mol. The number of nitrogens with one attached hydrogen (secondary N) is 1. The smallest absolute Gasteiger partial charge is 0.337 e. The summed E-state index contributed by atoms with van der Waals surface area (Å²) in [5.41, 5.74) is 1.31. The van der Waals surface area contributed by atoms with Gasteiger partial charge in [0.05, 0.1) is 24.4 Å². The first-order chi connectivity index (χ1) is 14.3. The Labute approximate surface area is 174 Å². The monoisotopic (exact) mass is 417 g/mol. The number of esters is 1. The van der Waals surface area contributed by atoms with E-state index >= 15 is 0 Å². The van der Waals surface area contributed by atoms with E-state index in [9.17, 15) is 18.4 Å². The molecule has 1 aliphatic rings. The Kier molecular flexibility index (Phi) is 6.66. The molecule has 1 saturated heterocycles. The Morgan fingerprint density at radius 2 is 1.83 bits per heavy atom. The molecule has 2 aromatic rings. The Hall–Kier alpha value is -3.00. The second-order valence-corrected chi connectivity index (χ2v) is 7.36. The van der Waals surface area contributed by atoms with Crippen molar-refractivity contribution in [3.63, 3.8) is 0 Å². The Balaban J connectivity index is 1.62. The zero-order valence-corrected chi connectivity index (χ0v) is 17.2. The maximum Gasteiger partial charge on any atom is 0.337 e. The zero-order valence-electron chi connectivity index (χ0n) is 17.2. The number of piperazine rings is 1. The van der Waals surface area contributed by atoms with Crippen LogP contribution in [0.25, 0.3) is 0 Å². The van der Waals surface area contributed by atoms with E-state index in [0.717, 1.165) is 23.9 Å². The molecule has 1 N–H and O–H groups in total. The Bertz CT molecular complexity index is 920. The number of hydrogen-bond donors (Lipinski definition) is 1. The van der Waals surface area contributed by atoms with Crippen LogP contribution in [0.5, 0.6) is 0 Å². The van der Waals surface area contributed by atoms with E-state index in [2.05, 4.69) is 10.2 Å². The molecule has 0 saturated carbocycles. The van der Waals surface area contributed by atoms with Crippen molar-refractivity contribution in [2.24, 2.45) is 0 Å². The van der Waals surface area contributed by atoms with Crippen molar-refractivity contribution in [3.05, 3.63) is 59.7 Å². The number of ether oxygens (including phenoxy) is 1. The standard InChI is InChI=1S/C22H25F2N3O3/c1-14-13-26(18-7-4-16(5-8-18)22(29)30-3)10-11-27(14)15(2)21(28)25-20-12-17(23)6-9-19(20)24/h4-9,12,14-15H,10-11,13H2,1-3H3,(H,25,28). The van der Waals surface area contributed by atoms with Crippen molar-refractivity contribution in [2.45, 2.75) is 25.9 Å². The highest BCUT2D eigenvalue weighted by molar-refractivity contribution is 5.94. The molecule has 160 valence electrons. The van der Waals surface area contributed by atoms with Crippen LogP contribution >= 0.6 is 0 Å². The van der Waals surface area contributed by atoms with Crippen LogP contribution in [-0.4, -0.2) is 55.6 Å². The topological polar surface area (TPSA) is 61.9 Å². The van der Waals surface area contributed by atoms with Crippen LogP contribution in [0.4, 0.5) is 20.2 Å². The van der Waals surface area contributed by atoms with E-state index in [1.165, 1.54) is 7.11 Å². The van der Waals surface area contributed by atoms with Crippen molar-refractivity contribution in [1.29, 1.82) is 0 Å². The molecule has 1 aliphatic heterocycles. The molecule has 8 heteroatoms. The molecule has 0 aliphatic carbocycles. The molecular formula is C22H25F2N3O3. The van der Waals surface area contributed by atoms with Gasteiger partial charge in [-0.2, -0.15) is 0 Å². The minimum Gasteiger partial charge on any atom is -0.465 e. The van der Waals surface area contributed by atoms with Crippen molar-refractivity contribution < 1.29 is 23.1 Å². The number of anilines is 2. The fraction of sp³-hybridized carbons (Fsp3) is 0.364. The molecule has 6 nitrogen and oxygen atoms in total. The van der Waals surface area contributed by atoms with E-state index in [1.807, 2.05) is 24.0 Å². The second-order valence-electron chi connectivity index (χ2n) is 7.36. The zero-order chi connectivity index (χ0) is 21.8. The van der Waals surface area contributed by atoms with Crippen molar-refractivity contribution in [1.82, 2.24) is 4.90 Å². The highest BCUT2D eigenvalue weighted by Crippen LogP contribution is 2.22. The summed E-state index contributed by atoms with van der Waals surface area (Å²) < 4.78 is 31.9. The summed E-state index contributed by atoms with van der Waals surface area (Å²) in [5.74, 6) is -2.05. The summed E-state index contributed by atoms with van der Waals surface area (Å²) in [6, 6.07) is 9.71. The number of rotatable bonds is 5. The van der Waals surface area contributed by atoms with Gasteiger partial charge in [0.25, 0.3) is 0 Å². The van der Waals surface area contributed by atoms with Crippen LogP contribution in [0.2, 0.25) is 0 Å². The van der Waals surface area contributed by atoms with Gasteiger partial charge in [0.2, 0.25) is 5.91 Å². The van der Waals surface area contributed by atoms with Crippen LogP contribution < -0.4 is 10.2 Å². The molecule has 1 heterocycles. The van der Waals surface area contributed by atoms with Gasteiger partial charge >= 0.3 is 5.97 Å². The fourth-order valence-corrected chi connectivity index (χ4v) is 3.69. The highest BCUT2D eigenvalue weighted by atomic mass is 19.1. The van der Waals surface area contributed by atoms with Crippen molar-refractivity contribution >= 4 is 23.3 Å². The lowest BCUT2D eigenvalue weighted by molar-refractivity contribution is -0.121. The molecule has 30 heavy (non-hydrogen) atoms. The van der Waals surface area contributed by atoms with Gasteiger partial charge in [0.1, 0.15) is 11.6 Å². The minimum atomic E-state index is -0.676. The van der Waals surface area contributed by atoms with E-state index in [-0.39, 0.29) is 23.6 Å². The minimum absolute atomic E-state index is 0.0529. The molecule has 0 aromatic heterocycles. The molecule has 2 unspecified atom stereocenters. The quantitative estimate of drug-likeness (QED) is 0.757. The van der Waals surface area contributed by atoms with Crippen LogP contribution in [0.1, 0.15) is 24.2 Å². The van der Waals surface area contributed by atoms with Gasteiger partial charge in [-0.15, -0.1) is 0 Å². The normalized spacial score (nSPS) is 18.0. The van der Waals surface area contributed by atoms with E-state index in [4.69, 9.17) is 4.74 Å². The first kappa shape index (κ1) is 21.7. The van der Waals surface area contributed by atoms with Crippen LogP contribution in [0, 0.1) is 11.6 Å². The summed E-state index contributed by atoms with van der Waals surface area (Å²) >= 11 is 0. The lowest BCUT2D eigenvalue weighted by Gasteiger charge is -2.43. The van der Waals surface area contributed by atoms with Crippen molar-refractivity contribution in [3.8, 4) is 0 Å². The number of halogens is 2. The number of carbonyl (C=O) groups excluding carboxylic acids is 2. The molecule has 0 bridgehead atoms. The third-order valence-corrected chi connectivity index (χ3v) is 5.40. The van der Waals surface area contributed by atoms with Crippen LogP contribution in [-0.2, 0) is 9.53 Å². The number of benzene rings is 2. The summed E-state index contributed by atoms with van der Waals surface area (Å²) in [5, 5.41) is 2.48. The SMILES string of the molecule is COC(=O)c1ccc(N2CCN(C(C)C(=O)Nc3cc(F)ccc3F)C(C)C2)cc1. The molecule has 2 aromatic carbocycles. The third-order valence-electron chi connectivity index (χ3n) is 5.40. The van der Waals surface area contributed by atoms with Gasteiger partial charge in [-0.1, -0.05) is 0 Å². The predicted molar refractivity (Wildman–Crippen MR) is 111 cm³/mol. The number of amides is 1. The molecule has 0 radical (unpaired) electrons. The summed E-state index contributed by atoms with van der Waals surface area (Å²) in [6.07, 6.45) is 0. The van der Waals surface area contributed by atoms with E-state index < -0.39 is 17.7 Å². The first-order valence-electron chi connectivity index (χ1n) is 9.75. The number of methoxy groups -OCH3 is 1. The highest BCUT2D eigenvalue weighted by Gasteiger charge is 2.31. The Morgan fingerprint density at radius 1 is 1.13 bits per heavy atom. The lowest BCUT2D eigenvalue weighted by atomic mass is 10.1. The molecule has 1 amide bonds. The van der Waals surface area contributed by atoms with Crippen LogP contribution in [0.15, 0.2) is 42.5 Å². The molecule has 2 atom stereocenters. The maximum absolute atomic E-state index is 13.8. The molecule has 3 rings (SSSR count). The van der Waals surface area contributed by atoms with Gasteiger partial charge in [0, 0.05) is 37.4 Å². The van der Waals surface area contributed by atoms with Gasteiger partial charge < -0.3 is 15.0 Å². The first-order valence-corrected chi connectivity index (χ1v) is 9.75. The number of hydrogen-bond acceptors (Lipinski definition) is 5. The average molecular weight is 417 g/mol.